The van der Waals surface area contributed by atoms with Crippen LogP contribution < -0.4 is 0 Å². The lowest BCUT2D eigenvalue weighted by Gasteiger charge is -2.03. The summed E-state index contributed by atoms with van der Waals surface area (Å²) in [4.78, 5) is 12.7. The van der Waals surface area contributed by atoms with Gasteiger partial charge in [0.15, 0.2) is 5.82 Å². The maximum Gasteiger partial charge on any atom is 0.151 e. The van der Waals surface area contributed by atoms with Crippen LogP contribution in [0.25, 0.3) is 0 Å². The maximum absolute atomic E-state index is 5.86. The molecule has 0 unspecified atom stereocenters. The highest BCUT2D eigenvalue weighted by atomic mass is 35.5. The average Bonchev–Trinajstić information content (AvgIpc) is 2.43. The zero-order valence-corrected chi connectivity index (χ0v) is 10.2. The molecule has 2 rings (SSSR count). The Balaban J connectivity index is 2.30. The number of nitrogens with zero attached hydrogens (tertiary/aromatic N) is 5. The fraction of sp³-hybridized carbons (Fsp3) is 0.400. The van der Waals surface area contributed by atoms with Crippen molar-refractivity contribution in [2.75, 3.05) is 0 Å². The number of hydrogen-bond donors (Lipinski definition) is 0. The number of aromatic nitrogens is 5. The van der Waals surface area contributed by atoms with Crippen LogP contribution in [0.4, 0.5) is 0 Å². The molecular weight excluding hydrogens is 226 g/mol. The van der Waals surface area contributed by atoms with Gasteiger partial charge in [0.25, 0.3) is 0 Å². The van der Waals surface area contributed by atoms with E-state index in [0.29, 0.717) is 17.5 Å². The van der Waals surface area contributed by atoms with E-state index in [-0.39, 0.29) is 0 Å². The largest absolute Gasteiger partial charge is 0.242 e. The van der Waals surface area contributed by atoms with Crippen LogP contribution >= 0.6 is 11.6 Å². The molecule has 0 bridgehead atoms. The molecule has 6 heteroatoms. The van der Waals surface area contributed by atoms with Gasteiger partial charge in [-0.1, -0.05) is 11.6 Å². The zero-order chi connectivity index (χ0) is 11.7. The maximum atomic E-state index is 5.86. The molecule has 0 atom stereocenters. The van der Waals surface area contributed by atoms with Gasteiger partial charge in [0.1, 0.15) is 23.3 Å². The molecule has 0 saturated heterocycles. The van der Waals surface area contributed by atoms with E-state index >= 15 is 0 Å². The van der Waals surface area contributed by atoms with E-state index in [1.165, 1.54) is 0 Å². The fourth-order valence-electron chi connectivity index (χ4n) is 1.50. The van der Waals surface area contributed by atoms with E-state index in [9.17, 15) is 0 Å². The molecule has 5 nitrogen and oxygen atoms in total. The molecule has 0 amide bonds. The van der Waals surface area contributed by atoms with Crippen molar-refractivity contribution < 1.29 is 0 Å². The fourth-order valence-corrected chi connectivity index (χ4v) is 1.76. The number of rotatable bonds is 2. The first-order valence-corrected chi connectivity index (χ1v) is 5.30. The van der Waals surface area contributed by atoms with Crippen molar-refractivity contribution in [3.8, 4) is 0 Å². The molecule has 0 aliphatic heterocycles. The van der Waals surface area contributed by atoms with Gasteiger partial charge in [-0.25, -0.2) is 19.6 Å². The molecule has 0 aliphatic carbocycles. The number of aryl methyl sites for hydroxylation is 3. The van der Waals surface area contributed by atoms with Crippen LogP contribution in [0.2, 0.25) is 5.15 Å². The molecule has 0 aromatic carbocycles. The van der Waals surface area contributed by atoms with Crippen LogP contribution in [0.15, 0.2) is 6.07 Å². The highest BCUT2D eigenvalue weighted by Crippen LogP contribution is 2.08. The van der Waals surface area contributed by atoms with Gasteiger partial charge >= 0.3 is 0 Å². The molecule has 0 N–H and O–H groups in total. The molecule has 2 aromatic rings. The van der Waals surface area contributed by atoms with Gasteiger partial charge in [0.05, 0.1) is 0 Å². The Bertz CT molecular complexity index is 500. The second kappa shape index (κ2) is 4.17. The Hall–Kier alpha value is -1.49. The molecule has 84 valence electrons. The Morgan fingerprint density at radius 1 is 1.19 bits per heavy atom. The van der Waals surface area contributed by atoms with E-state index in [2.05, 4.69) is 20.1 Å². The number of hydrogen-bond acceptors (Lipinski definition) is 4. The van der Waals surface area contributed by atoms with Gasteiger partial charge in [-0.15, -0.1) is 0 Å². The summed E-state index contributed by atoms with van der Waals surface area (Å²) in [7, 11) is 0. The summed E-state index contributed by atoms with van der Waals surface area (Å²) in [5.41, 5.74) is 0.851. The molecule has 0 aliphatic rings. The average molecular weight is 238 g/mol. The quantitative estimate of drug-likeness (QED) is 0.746. The third kappa shape index (κ3) is 2.36. The molecule has 2 aromatic heterocycles. The van der Waals surface area contributed by atoms with Gasteiger partial charge in [0.2, 0.25) is 0 Å². The van der Waals surface area contributed by atoms with E-state index in [1.54, 1.807) is 10.7 Å². The van der Waals surface area contributed by atoms with E-state index < -0.39 is 0 Å². The summed E-state index contributed by atoms with van der Waals surface area (Å²) in [6.45, 7) is 6.13. The van der Waals surface area contributed by atoms with Crippen molar-refractivity contribution in [2.45, 2.75) is 27.3 Å². The van der Waals surface area contributed by atoms with Gasteiger partial charge in [-0.2, -0.15) is 5.10 Å². The molecular formula is C10H12ClN5. The molecule has 0 saturated carbocycles. The molecule has 0 radical (unpaired) electrons. The first-order chi connectivity index (χ1) is 7.54. The van der Waals surface area contributed by atoms with Crippen molar-refractivity contribution >= 4 is 11.6 Å². The number of halogens is 1. The lowest BCUT2D eigenvalue weighted by atomic mass is 10.4. The molecule has 2 heterocycles. The minimum absolute atomic E-state index is 0.456. The third-order valence-electron chi connectivity index (χ3n) is 2.12. The van der Waals surface area contributed by atoms with Gasteiger partial charge in [0, 0.05) is 5.69 Å². The monoisotopic (exact) mass is 237 g/mol. The minimum atomic E-state index is 0.456. The Morgan fingerprint density at radius 2 is 1.94 bits per heavy atom. The second-order valence-corrected chi connectivity index (χ2v) is 4.00. The van der Waals surface area contributed by atoms with Gasteiger partial charge in [-0.05, 0) is 26.8 Å². The Kier molecular flexibility index (Phi) is 2.87. The lowest BCUT2D eigenvalue weighted by Crippen LogP contribution is -2.08. The van der Waals surface area contributed by atoms with Crippen molar-refractivity contribution in [3.63, 3.8) is 0 Å². The van der Waals surface area contributed by atoms with Crippen LogP contribution in [0.3, 0.4) is 0 Å². The first-order valence-electron chi connectivity index (χ1n) is 4.92. The first kappa shape index (κ1) is 11.0. The van der Waals surface area contributed by atoms with Gasteiger partial charge in [-0.3, -0.25) is 0 Å². The standard InChI is InChI=1S/C10H12ClN5/c1-6-4-9(11)14-10(12-6)5-16-8(3)13-7(2)15-16/h4H,5H2,1-3H3. The Morgan fingerprint density at radius 3 is 2.50 bits per heavy atom. The van der Waals surface area contributed by atoms with Crippen LogP contribution in [-0.4, -0.2) is 24.7 Å². The van der Waals surface area contributed by atoms with Crippen molar-refractivity contribution in [3.05, 3.63) is 34.4 Å². The normalized spacial score (nSPS) is 10.8. The topological polar surface area (TPSA) is 56.5 Å². The summed E-state index contributed by atoms with van der Waals surface area (Å²) in [6.07, 6.45) is 0. The van der Waals surface area contributed by atoms with E-state index in [0.717, 1.165) is 17.3 Å². The predicted molar refractivity (Wildman–Crippen MR) is 60.4 cm³/mol. The van der Waals surface area contributed by atoms with Gasteiger partial charge < -0.3 is 0 Å². The SMILES string of the molecule is Cc1cc(Cl)nc(Cn2nc(C)nc2C)n1. The third-order valence-corrected chi connectivity index (χ3v) is 2.32. The Labute approximate surface area is 98.5 Å². The summed E-state index contributed by atoms with van der Waals surface area (Å²) in [5, 5.41) is 4.70. The van der Waals surface area contributed by atoms with Crippen LogP contribution in [-0.2, 0) is 6.54 Å². The van der Waals surface area contributed by atoms with Crippen molar-refractivity contribution in [1.29, 1.82) is 0 Å². The second-order valence-electron chi connectivity index (χ2n) is 3.61. The van der Waals surface area contributed by atoms with Crippen LogP contribution in [0.5, 0.6) is 0 Å². The zero-order valence-electron chi connectivity index (χ0n) is 9.40. The van der Waals surface area contributed by atoms with Crippen LogP contribution in [0.1, 0.15) is 23.2 Å². The van der Waals surface area contributed by atoms with E-state index in [4.69, 9.17) is 11.6 Å². The summed E-state index contributed by atoms with van der Waals surface area (Å²) < 4.78 is 1.76. The van der Waals surface area contributed by atoms with Crippen molar-refractivity contribution in [1.82, 2.24) is 24.7 Å². The molecule has 0 spiro atoms. The molecule has 16 heavy (non-hydrogen) atoms. The summed E-state index contributed by atoms with van der Waals surface area (Å²) in [5.74, 6) is 2.24. The lowest BCUT2D eigenvalue weighted by molar-refractivity contribution is 0.627. The summed E-state index contributed by atoms with van der Waals surface area (Å²) >= 11 is 5.86. The summed E-state index contributed by atoms with van der Waals surface area (Å²) in [6, 6.07) is 1.73. The van der Waals surface area contributed by atoms with Crippen LogP contribution in [0, 0.1) is 20.8 Å². The minimum Gasteiger partial charge on any atom is -0.242 e. The highest BCUT2D eigenvalue weighted by molar-refractivity contribution is 6.29. The highest BCUT2D eigenvalue weighted by Gasteiger charge is 2.06. The predicted octanol–water partition coefficient (Wildman–Crippen LogP) is 1.70. The smallest absolute Gasteiger partial charge is 0.151 e. The van der Waals surface area contributed by atoms with Crippen molar-refractivity contribution in [2.24, 2.45) is 0 Å². The van der Waals surface area contributed by atoms with E-state index in [1.807, 2.05) is 20.8 Å². The molecule has 0 fully saturated rings.